The van der Waals surface area contributed by atoms with E-state index < -0.39 is 6.04 Å². The van der Waals surface area contributed by atoms with Gasteiger partial charge in [-0.05, 0) is 69.3 Å². The largest absolute Gasteiger partial charge is 0.354 e. The molecule has 0 spiro atoms. The quantitative estimate of drug-likeness (QED) is 0.137. The molecule has 0 saturated carbocycles. The summed E-state index contributed by atoms with van der Waals surface area (Å²) in [5.74, 6) is 6.69. The second-order valence-corrected chi connectivity index (χ2v) is 11.0. The average molecular weight is 600 g/mol. The second-order valence-electron chi connectivity index (χ2n) is 11.0. The van der Waals surface area contributed by atoms with Crippen molar-refractivity contribution in [2.75, 3.05) is 44.9 Å². The first kappa shape index (κ1) is 33.7. The number of nitrogens with one attached hydrogen (secondary N) is 3. The fraction of sp³-hybridized carbons (Fsp3) is 0.353. The first-order chi connectivity index (χ1) is 21.0. The molecule has 1 heterocycles. The third kappa shape index (κ3) is 10.8. The summed E-state index contributed by atoms with van der Waals surface area (Å²) in [5, 5.41) is 9.24. The molecule has 0 bridgehead atoms. The third-order valence-corrected chi connectivity index (χ3v) is 6.75. The van der Waals surface area contributed by atoms with Gasteiger partial charge in [-0.2, -0.15) is 4.98 Å². The van der Waals surface area contributed by atoms with Gasteiger partial charge in [0.05, 0.1) is 11.8 Å². The summed E-state index contributed by atoms with van der Waals surface area (Å²) < 4.78 is 13.7. The number of likely N-dealkylation sites (N-methyl/N-ethyl adjacent to an activating group) is 2. The van der Waals surface area contributed by atoms with Gasteiger partial charge in [0.2, 0.25) is 17.8 Å². The zero-order chi connectivity index (χ0) is 32.1. The summed E-state index contributed by atoms with van der Waals surface area (Å²) in [6.45, 7) is 7.05. The van der Waals surface area contributed by atoms with Gasteiger partial charge in [0.25, 0.3) is 0 Å². The fourth-order valence-electron chi connectivity index (χ4n) is 3.95. The van der Waals surface area contributed by atoms with Crippen LogP contribution < -0.4 is 16.0 Å². The smallest absolute Gasteiger partial charge is 0.246 e. The molecule has 0 aliphatic carbocycles. The molecule has 3 N–H and O–H groups in total. The molecule has 0 unspecified atom stereocenters. The lowest BCUT2D eigenvalue weighted by molar-refractivity contribution is -0.135. The molecule has 1 atom stereocenters. The molecular weight excluding hydrogens is 557 g/mol. The van der Waals surface area contributed by atoms with Gasteiger partial charge < -0.3 is 25.8 Å². The van der Waals surface area contributed by atoms with Gasteiger partial charge >= 0.3 is 0 Å². The van der Waals surface area contributed by atoms with Crippen LogP contribution in [0.25, 0.3) is 0 Å². The van der Waals surface area contributed by atoms with Crippen molar-refractivity contribution in [3.8, 4) is 11.8 Å². The molecule has 0 radical (unpaired) electrons. The Morgan fingerprint density at radius 2 is 1.77 bits per heavy atom. The number of benzene rings is 2. The van der Waals surface area contributed by atoms with E-state index in [1.807, 2.05) is 31.1 Å². The van der Waals surface area contributed by atoms with E-state index in [0.717, 1.165) is 5.69 Å². The van der Waals surface area contributed by atoms with Crippen LogP contribution in [0.1, 0.15) is 50.7 Å². The fourth-order valence-corrected chi connectivity index (χ4v) is 3.95. The Morgan fingerprint density at radius 1 is 1.02 bits per heavy atom. The lowest BCUT2D eigenvalue weighted by Crippen LogP contribution is -2.45. The molecule has 44 heavy (non-hydrogen) atoms. The second kappa shape index (κ2) is 16.8. The molecule has 232 valence electrons. The first-order valence-corrected chi connectivity index (χ1v) is 14.6. The number of carbonyl (C=O) groups is 2. The van der Waals surface area contributed by atoms with Crippen molar-refractivity contribution in [3.05, 3.63) is 83.8 Å². The van der Waals surface area contributed by atoms with Gasteiger partial charge in [-0.15, -0.1) is 0 Å². The van der Waals surface area contributed by atoms with E-state index in [1.54, 1.807) is 38.4 Å². The Bertz CT molecular complexity index is 1490. The van der Waals surface area contributed by atoms with Crippen LogP contribution in [0.2, 0.25) is 0 Å². The van der Waals surface area contributed by atoms with Crippen LogP contribution in [0.3, 0.4) is 0 Å². The molecular formula is C34H42FN7O2. The van der Waals surface area contributed by atoms with Gasteiger partial charge in [-0.1, -0.05) is 50.0 Å². The highest BCUT2D eigenvalue weighted by molar-refractivity contribution is 5.92. The van der Waals surface area contributed by atoms with Crippen LogP contribution in [-0.2, 0) is 9.59 Å². The summed E-state index contributed by atoms with van der Waals surface area (Å²) >= 11 is 0. The van der Waals surface area contributed by atoms with Crippen molar-refractivity contribution < 1.29 is 14.0 Å². The van der Waals surface area contributed by atoms with Crippen LogP contribution in [0.4, 0.5) is 27.5 Å². The highest BCUT2D eigenvalue weighted by Crippen LogP contribution is 2.23. The highest BCUT2D eigenvalue weighted by Gasteiger charge is 2.20. The molecule has 0 aliphatic rings. The monoisotopic (exact) mass is 599 g/mol. The molecule has 3 aromatic rings. The molecule has 3 rings (SSSR count). The molecule has 10 heteroatoms. The Kier molecular flexibility index (Phi) is 12.9. The van der Waals surface area contributed by atoms with Crippen molar-refractivity contribution in [3.63, 3.8) is 0 Å². The predicted molar refractivity (Wildman–Crippen MR) is 175 cm³/mol. The molecule has 0 saturated heterocycles. The van der Waals surface area contributed by atoms with E-state index in [4.69, 9.17) is 0 Å². The van der Waals surface area contributed by atoms with E-state index in [2.05, 4.69) is 63.7 Å². The lowest BCUT2D eigenvalue weighted by Gasteiger charge is -2.23. The van der Waals surface area contributed by atoms with E-state index in [9.17, 15) is 14.0 Å². The number of amides is 2. The van der Waals surface area contributed by atoms with Gasteiger partial charge in [-0.3, -0.25) is 9.59 Å². The van der Waals surface area contributed by atoms with Crippen LogP contribution in [0.15, 0.2) is 66.9 Å². The predicted octanol–water partition coefficient (Wildman–Crippen LogP) is 5.44. The third-order valence-electron chi connectivity index (χ3n) is 6.75. The molecule has 2 aromatic carbocycles. The van der Waals surface area contributed by atoms with Crippen molar-refractivity contribution in [1.82, 2.24) is 25.1 Å². The number of halogens is 1. The van der Waals surface area contributed by atoms with Gasteiger partial charge in [0.15, 0.2) is 5.82 Å². The number of hydrogen-bond donors (Lipinski definition) is 3. The summed E-state index contributed by atoms with van der Waals surface area (Å²) in [6.07, 6.45) is 6.03. The van der Waals surface area contributed by atoms with Crippen LogP contribution in [-0.4, -0.2) is 71.9 Å². The van der Waals surface area contributed by atoms with E-state index in [1.165, 1.54) is 28.7 Å². The molecule has 0 fully saturated rings. The average Bonchev–Trinajstić information content (AvgIpc) is 2.99. The van der Waals surface area contributed by atoms with Crippen molar-refractivity contribution >= 4 is 35.0 Å². The van der Waals surface area contributed by atoms with Gasteiger partial charge in [-0.25, -0.2) is 9.37 Å². The molecule has 2 amide bonds. The minimum absolute atomic E-state index is 0.222. The molecule has 9 nitrogen and oxygen atoms in total. The molecule has 0 aliphatic heterocycles. The lowest BCUT2D eigenvalue weighted by atomic mass is 10.0. The van der Waals surface area contributed by atoms with Crippen LogP contribution in [0.5, 0.6) is 0 Å². The van der Waals surface area contributed by atoms with E-state index >= 15 is 0 Å². The maximum atomic E-state index is 13.7. The Balaban J connectivity index is 1.62. The SMILES string of the molecule is CC(C)c1ccc(Nc2nc(Nc3cccc(F)c3)ncc2C#CCCCNC(=O)[C@H](C)N(C)C(=O)/C=C/CN(C)C)cc1. The number of hydrogen-bond acceptors (Lipinski definition) is 7. The van der Waals surface area contributed by atoms with E-state index in [0.29, 0.717) is 54.9 Å². The Hall–Kier alpha value is -4.75. The normalized spacial score (nSPS) is 11.7. The first-order valence-electron chi connectivity index (χ1n) is 14.6. The summed E-state index contributed by atoms with van der Waals surface area (Å²) in [5.41, 5.74) is 3.20. The maximum Gasteiger partial charge on any atom is 0.246 e. The number of carbonyl (C=O) groups excluding carboxylic acids is 2. The standard InChI is InChI=1S/C34H42FN7O2/c1-24(2)26-16-18-29(19-17-26)38-32-27(23-37-34(40-32)39-30-14-10-13-28(35)22-30)12-8-7-9-20-36-33(44)25(3)42(6)31(43)15-11-21-41(4)5/h10-11,13-19,22-25H,7,9,20-21H2,1-6H3,(H,36,44)(H2,37,38,39,40)/b15-11+/t25-/m0/s1. The summed E-state index contributed by atoms with van der Waals surface area (Å²) in [6, 6.07) is 13.6. The molecule has 1 aromatic heterocycles. The topological polar surface area (TPSA) is 102 Å². The summed E-state index contributed by atoms with van der Waals surface area (Å²) in [7, 11) is 5.45. The minimum atomic E-state index is -0.600. The van der Waals surface area contributed by atoms with Crippen molar-refractivity contribution in [2.45, 2.75) is 45.6 Å². The Morgan fingerprint density at radius 3 is 2.45 bits per heavy atom. The zero-order valence-electron chi connectivity index (χ0n) is 26.3. The van der Waals surface area contributed by atoms with Gasteiger partial charge in [0, 0.05) is 44.0 Å². The van der Waals surface area contributed by atoms with Crippen LogP contribution >= 0.6 is 0 Å². The van der Waals surface area contributed by atoms with Gasteiger partial charge in [0.1, 0.15) is 11.9 Å². The number of unbranched alkanes of at least 4 members (excludes halogenated alkanes) is 1. The number of anilines is 4. The minimum Gasteiger partial charge on any atom is -0.354 e. The number of nitrogens with zero attached hydrogens (tertiary/aromatic N) is 4. The zero-order valence-corrected chi connectivity index (χ0v) is 26.3. The maximum absolute atomic E-state index is 13.7. The highest BCUT2D eigenvalue weighted by atomic mass is 19.1. The van der Waals surface area contributed by atoms with Crippen molar-refractivity contribution in [2.24, 2.45) is 0 Å². The number of rotatable bonds is 13. The van der Waals surface area contributed by atoms with Crippen molar-refractivity contribution in [1.29, 1.82) is 0 Å². The Labute approximate surface area is 260 Å². The van der Waals surface area contributed by atoms with E-state index in [-0.39, 0.29) is 17.6 Å². The van der Waals surface area contributed by atoms with Crippen LogP contribution in [0, 0.1) is 17.7 Å². The summed E-state index contributed by atoms with van der Waals surface area (Å²) in [4.78, 5) is 37.2. The number of aromatic nitrogens is 2.